The molecule has 0 spiro atoms. The van der Waals surface area contributed by atoms with Crippen molar-refractivity contribution >= 4 is 10.9 Å². The number of pyridine rings is 1. The van der Waals surface area contributed by atoms with E-state index in [1.165, 1.54) is 5.56 Å². The average Bonchev–Trinajstić information content (AvgIpc) is 2.51. The monoisotopic (exact) mass is 278 g/mol. The number of hydrogen-bond acceptors (Lipinski definition) is 3. The van der Waals surface area contributed by atoms with E-state index in [1.807, 2.05) is 37.4 Å². The Hall–Kier alpha value is -2.39. The van der Waals surface area contributed by atoms with Crippen molar-refractivity contribution in [2.45, 2.75) is 13.5 Å². The minimum absolute atomic E-state index is 0.827. The highest BCUT2D eigenvalue weighted by atomic mass is 16.5. The molecule has 3 rings (SSSR count). The van der Waals surface area contributed by atoms with E-state index >= 15 is 0 Å². The molecular formula is C18H18N2O. The summed E-state index contributed by atoms with van der Waals surface area (Å²) in [7, 11) is 1.94. The molecule has 0 amide bonds. The zero-order valence-electron chi connectivity index (χ0n) is 12.3. The first-order valence-electron chi connectivity index (χ1n) is 7.03. The summed E-state index contributed by atoms with van der Waals surface area (Å²) in [4.78, 5) is 4.36. The van der Waals surface area contributed by atoms with Crippen molar-refractivity contribution in [2.75, 3.05) is 7.05 Å². The zero-order valence-corrected chi connectivity index (χ0v) is 12.3. The van der Waals surface area contributed by atoms with Crippen LogP contribution < -0.4 is 10.1 Å². The molecule has 0 aliphatic heterocycles. The van der Waals surface area contributed by atoms with Crippen molar-refractivity contribution in [3.63, 3.8) is 0 Å². The molecule has 2 aromatic carbocycles. The predicted octanol–water partition coefficient (Wildman–Crippen LogP) is 4.05. The lowest BCUT2D eigenvalue weighted by molar-refractivity contribution is 0.483. The molecule has 3 aromatic rings. The highest BCUT2D eigenvalue weighted by Gasteiger charge is 2.07. The van der Waals surface area contributed by atoms with Gasteiger partial charge in [0.25, 0.3) is 0 Å². The van der Waals surface area contributed by atoms with E-state index in [0.717, 1.165) is 34.5 Å². The van der Waals surface area contributed by atoms with Gasteiger partial charge in [-0.2, -0.15) is 0 Å². The molecule has 1 heterocycles. The normalized spacial score (nSPS) is 10.8. The molecule has 106 valence electrons. The summed E-state index contributed by atoms with van der Waals surface area (Å²) in [6.45, 7) is 2.88. The van der Waals surface area contributed by atoms with Crippen LogP contribution in [0.1, 0.15) is 11.1 Å². The minimum Gasteiger partial charge on any atom is -0.456 e. The number of fused-ring (bicyclic) bond motifs is 1. The second kappa shape index (κ2) is 5.94. The van der Waals surface area contributed by atoms with Crippen LogP contribution in [0.2, 0.25) is 0 Å². The van der Waals surface area contributed by atoms with Crippen molar-refractivity contribution in [1.82, 2.24) is 10.3 Å². The molecule has 0 aliphatic rings. The molecular weight excluding hydrogens is 260 g/mol. The summed E-state index contributed by atoms with van der Waals surface area (Å²) >= 11 is 0. The third-order valence-electron chi connectivity index (χ3n) is 3.46. The quantitative estimate of drug-likeness (QED) is 0.781. The van der Waals surface area contributed by atoms with Crippen LogP contribution in [0.15, 0.2) is 54.7 Å². The molecule has 0 fully saturated rings. The van der Waals surface area contributed by atoms with Crippen LogP contribution in [0.4, 0.5) is 0 Å². The molecule has 0 bridgehead atoms. The number of nitrogens with one attached hydrogen (secondary N) is 1. The van der Waals surface area contributed by atoms with Gasteiger partial charge in [0, 0.05) is 18.1 Å². The van der Waals surface area contributed by atoms with Crippen LogP contribution in [0, 0.1) is 6.92 Å². The fraction of sp³-hybridized carbons (Fsp3) is 0.167. The minimum atomic E-state index is 0.827. The third kappa shape index (κ3) is 2.88. The van der Waals surface area contributed by atoms with Gasteiger partial charge in [-0.05, 0) is 55.4 Å². The second-order valence-corrected chi connectivity index (χ2v) is 5.06. The van der Waals surface area contributed by atoms with E-state index in [9.17, 15) is 0 Å². The Bertz CT molecular complexity index is 763. The maximum atomic E-state index is 6.14. The van der Waals surface area contributed by atoms with Crippen molar-refractivity contribution in [3.05, 3.63) is 65.9 Å². The van der Waals surface area contributed by atoms with Crippen LogP contribution in [0.3, 0.4) is 0 Å². The lowest BCUT2D eigenvalue weighted by atomic mass is 10.1. The number of aromatic nitrogens is 1. The third-order valence-corrected chi connectivity index (χ3v) is 3.46. The first-order chi connectivity index (χ1) is 10.3. The summed E-state index contributed by atoms with van der Waals surface area (Å²) in [6, 6.07) is 16.2. The first-order valence-corrected chi connectivity index (χ1v) is 7.03. The Balaban J connectivity index is 2.00. The standard InChI is InChI=1S/C18H18N2O/c1-13-8-9-14(12-19-2)11-18(13)21-17-7-3-6-16-15(17)5-4-10-20-16/h3-11,19H,12H2,1-2H3. The molecule has 0 saturated heterocycles. The van der Waals surface area contributed by atoms with Gasteiger partial charge in [0.15, 0.2) is 0 Å². The predicted molar refractivity (Wildman–Crippen MR) is 85.8 cm³/mol. The summed E-state index contributed by atoms with van der Waals surface area (Å²) in [6.07, 6.45) is 1.80. The van der Waals surface area contributed by atoms with Crippen LogP contribution >= 0.6 is 0 Å². The Labute approximate surface area is 124 Å². The molecule has 1 N–H and O–H groups in total. The molecule has 0 saturated carbocycles. The van der Waals surface area contributed by atoms with E-state index in [-0.39, 0.29) is 0 Å². The fourth-order valence-electron chi connectivity index (χ4n) is 2.35. The van der Waals surface area contributed by atoms with Crippen LogP contribution in [-0.4, -0.2) is 12.0 Å². The van der Waals surface area contributed by atoms with Gasteiger partial charge in [-0.25, -0.2) is 0 Å². The average molecular weight is 278 g/mol. The number of nitrogens with zero attached hydrogens (tertiary/aromatic N) is 1. The maximum absolute atomic E-state index is 6.14. The van der Waals surface area contributed by atoms with Gasteiger partial charge in [-0.15, -0.1) is 0 Å². The Morgan fingerprint density at radius 2 is 1.95 bits per heavy atom. The lowest BCUT2D eigenvalue weighted by Gasteiger charge is -2.12. The van der Waals surface area contributed by atoms with Crippen LogP contribution in [0.5, 0.6) is 11.5 Å². The van der Waals surface area contributed by atoms with Crippen molar-refractivity contribution in [3.8, 4) is 11.5 Å². The SMILES string of the molecule is CNCc1ccc(C)c(Oc2cccc3ncccc23)c1. The number of rotatable bonds is 4. The Morgan fingerprint density at radius 1 is 1.05 bits per heavy atom. The maximum Gasteiger partial charge on any atom is 0.136 e. The van der Waals surface area contributed by atoms with E-state index in [1.54, 1.807) is 6.20 Å². The number of benzene rings is 2. The number of aryl methyl sites for hydroxylation is 1. The lowest BCUT2D eigenvalue weighted by Crippen LogP contribution is -2.05. The van der Waals surface area contributed by atoms with E-state index in [4.69, 9.17) is 4.74 Å². The van der Waals surface area contributed by atoms with E-state index < -0.39 is 0 Å². The highest BCUT2D eigenvalue weighted by molar-refractivity contribution is 5.85. The first kappa shape index (κ1) is 13.6. The van der Waals surface area contributed by atoms with E-state index in [0.29, 0.717) is 0 Å². The Morgan fingerprint density at radius 3 is 2.81 bits per heavy atom. The van der Waals surface area contributed by atoms with Gasteiger partial charge >= 0.3 is 0 Å². The summed E-state index contributed by atoms with van der Waals surface area (Å²) in [5.74, 6) is 1.73. The number of hydrogen-bond donors (Lipinski definition) is 1. The van der Waals surface area contributed by atoms with Crippen LogP contribution in [0.25, 0.3) is 10.9 Å². The molecule has 0 unspecified atom stereocenters. The molecule has 1 aromatic heterocycles. The van der Waals surface area contributed by atoms with Crippen molar-refractivity contribution in [1.29, 1.82) is 0 Å². The molecule has 21 heavy (non-hydrogen) atoms. The summed E-state index contributed by atoms with van der Waals surface area (Å²) in [5.41, 5.74) is 3.27. The van der Waals surface area contributed by atoms with E-state index in [2.05, 4.69) is 35.4 Å². The van der Waals surface area contributed by atoms with Crippen molar-refractivity contribution in [2.24, 2.45) is 0 Å². The van der Waals surface area contributed by atoms with Crippen LogP contribution in [-0.2, 0) is 6.54 Å². The summed E-state index contributed by atoms with van der Waals surface area (Å²) < 4.78 is 6.14. The smallest absolute Gasteiger partial charge is 0.136 e. The van der Waals surface area contributed by atoms with Gasteiger partial charge in [-0.3, -0.25) is 4.98 Å². The highest BCUT2D eigenvalue weighted by Crippen LogP contribution is 2.31. The molecule has 0 radical (unpaired) electrons. The molecule has 0 atom stereocenters. The largest absolute Gasteiger partial charge is 0.456 e. The van der Waals surface area contributed by atoms with Crippen molar-refractivity contribution < 1.29 is 4.74 Å². The zero-order chi connectivity index (χ0) is 14.7. The van der Waals surface area contributed by atoms with Gasteiger partial charge in [0.05, 0.1) is 5.52 Å². The topological polar surface area (TPSA) is 34.1 Å². The molecule has 3 heteroatoms. The van der Waals surface area contributed by atoms with Gasteiger partial charge in [0.2, 0.25) is 0 Å². The molecule has 0 aliphatic carbocycles. The fourth-order valence-corrected chi connectivity index (χ4v) is 2.35. The second-order valence-electron chi connectivity index (χ2n) is 5.06. The molecule has 3 nitrogen and oxygen atoms in total. The van der Waals surface area contributed by atoms with Gasteiger partial charge in [-0.1, -0.05) is 18.2 Å². The van der Waals surface area contributed by atoms with Gasteiger partial charge < -0.3 is 10.1 Å². The summed E-state index contributed by atoms with van der Waals surface area (Å²) in [5, 5.41) is 4.18. The number of ether oxygens (including phenoxy) is 1. The Kier molecular flexibility index (Phi) is 3.84. The van der Waals surface area contributed by atoms with Gasteiger partial charge in [0.1, 0.15) is 11.5 Å².